The number of rotatable bonds is 3. The van der Waals surface area contributed by atoms with Crippen LogP contribution < -0.4 is 9.47 Å². The van der Waals surface area contributed by atoms with Crippen molar-refractivity contribution < 1.29 is 23.9 Å². The molecule has 1 aromatic carbocycles. The molecule has 0 unspecified atom stereocenters. The van der Waals surface area contributed by atoms with Crippen LogP contribution in [0.5, 0.6) is 11.5 Å². The molecule has 30 heavy (non-hydrogen) atoms. The summed E-state index contributed by atoms with van der Waals surface area (Å²) in [5.74, 6) is 1.94. The third-order valence-corrected chi connectivity index (χ3v) is 8.56. The van der Waals surface area contributed by atoms with E-state index in [0.29, 0.717) is 42.9 Å². The van der Waals surface area contributed by atoms with Crippen molar-refractivity contribution in [1.29, 1.82) is 0 Å². The molecule has 6 rings (SSSR count). The zero-order valence-corrected chi connectivity index (χ0v) is 17.5. The van der Waals surface area contributed by atoms with E-state index in [1.807, 2.05) is 0 Å². The number of nitrogens with zero attached hydrogens (tertiary/aromatic N) is 1. The van der Waals surface area contributed by atoms with Gasteiger partial charge in [0, 0.05) is 36.1 Å². The van der Waals surface area contributed by atoms with Crippen molar-refractivity contribution >= 4 is 17.5 Å². The number of benzene rings is 1. The van der Waals surface area contributed by atoms with Gasteiger partial charge in [-0.25, -0.2) is 0 Å². The summed E-state index contributed by atoms with van der Waals surface area (Å²) in [4.78, 5) is 41.0. The molecule has 0 N–H and O–H groups in total. The van der Waals surface area contributed by atoms with E-state index in [1.165, 1.54) is 0 Å². The van der Waals surface area contributed by atoms with E-state index >= 15 is 0 Å². The van der Waals surface area contributed by atoms with Gasteiger partial charge in [0.1, 0.15) is 0 Å². The molecule has 2 aliphatic heterocycles. The first-order valence-electron chi connectivity index (χ1n) is 11.2. The number of ketones is 2. The monoisotopic (exact) mass is 409 g/mol. The van der Waals surface area contributed by atoms with Crippen LogP contribution in [0.1, 0.15) is 66.9 Å². The third kappa shape index (κ3) is 2.07. The number of likely N-dealkylation sites (tertiary alicyclic amines) is 1. The Bertz CT molecular complexity index is 996. The lowest BCUT2D eigenvalue weighted by Crippen LogP contribution is -2.67. The zero-order chi connectivity index (χ0) is 20.8. The zero-order valence-electron chi connectivity index (χ0n) is 17.5. The van der Waals surface area contributed by atoms with Gasteiger partial charge in [-0.2, -0.15) is 0 Å². The predicted octanol–water partition coefficient (Wildman–Crippen LogP) is 2.83. The molecule has 0 aromatic heterocycles. The molecule has 3 aliphatic carbocycles. The van der Waals surface area contributed by atoms with Crippen molar-refractivity contribution in [3.8, 4) is 11.5 Å². The van der Waals surface area contributed by atoms with Gasteiger partial charge in [-0.05, 0) is 56.6 Å². The summed E-state index contributed by atoms with van der Waals surface area (Å²) in [7, 11) is 1.58. The fourth-order valence-corrected chi connectivity index (χ4v) is 7.03. The van der Waals surface area contributed by atoms with Crippen LogP contribution in [-0.2, 0) is 21.4 Å². The van der Waals surface area contributed by atoms with Gasteiger partial charge in [0.2, 0.25) is 5.91 Å². The van der Waals surface area contributed by atoms with Gasteiger partial charge in [0.05, 0.1) is 12.5 Å². The average molecular weight is 409 g/mol. The molecule has 2 bridgehead atoms. The maximum absolute atomic E-state index is 13.3. The van der Waals surface area contributed by atoms with Gasteiger partial charge in [-0.3, -0.25) is 14.4 Å². The Kier molecular flexibility index (Phi) is 3.73. The number of carbonyl (C=O) groups excluding carboxylic acids is 3. The Labute approximate surface area is 175 Å². The first-order valence-corrected chi connectivity index (χ1v) is 11.2. The number of methoxy groups -OCH3 is 1. The minimum atomic E-state index is -0.523. The Hall–Kier alpha value is -2.37. The summed E-state index contributed by atoms with van der Waals surface area (Å²) in [5.41, 5.74) is 2.22. The number of Topliss-reactive ketones (excluding diaryl/α,β-unsaturated/α-hetero) is 2. The van der Waals surface area contributed by atoms with E-state index in [2.05, 4.69) is 4.90 Å². The topological polar surface area (TPSA) is 72.9 Å². The van der Waals surface area contributed by atoms with Gasteiger partial charge in [0.15, 0.2) is 29.2 Å². The molecule has 1 amide bonds. The highest BCUT2D eigenvalue weighted by molar-refractivity contribution is 5.98. The molecule has 1 aromatic rings. The van der Waals surface area contributed by atoms with Crippen LogP contribution in [0.15, 0.2) is 6.07 Å². The van der Waals surface area contributed by atoms with Crippen LogP contribution in [0.4, 0.5) is 0 Å². The maximum atomic E-state index is 13.3. The second-order valence-electron chi connectivity index (χ2n) is 9.70. The Morgan fingerprint density at radius 3 is 2.73 bits per heavy atom. The minimum Gasteiger partial charge on any atom is -0.493 e. The van der Waals surface area contributed by atoms with E-state index in [4.69, 9.17) is 9.47 Å². The molecule has 1 spiro atoms. The van der Waals surface area contributed by atoms with Crippen molar-refractivity contribution in [3.05, 3.63) is 22.8 Å². The van der Waals surface area contributed by atoms with Crippen molar-refractivity contribution in [2.75, 3.05) is 13.7 Å². The van der Waals surface area contributed by atoms with Gasteiger partial charge in [-0.15, -0.1) is 0 Å². The summed E-state index contributed by atoms with van der Waals surface area (Å²) in [6, 6.07) is 1.80. The Balaban J connectivity index is 1.56. The van der Waals surface area contributed by atoms with E-state index < -0.39 is 11.5 Å². The van der Waals surface area contributed by atoms with Crippen LogP contribution in [0, 0.1) is 11.8 Å². The number of amides is 1. The van der Waals surface area contributed by atoms with Crippen LogP contribution in [0.2, 0.25) is 0 Å². The van der Waals surface area contributed by atoms with Crippen LogP contribution in [0.3, 0.4) is 0 Å². The van der Waals surface area contributed by atoms with E-state index in [0.717, 1.165) is 36.8 Å². The maximum Gasteiger partial charge on any atom is 0.225 e. The minimum absolute atomic E-state index is 0.0125. The molecule has 158 valence electrons. The van der Waals surface area contributed by atoms with Gasteiger partial charge in [-0.1, -0.05) is 6.42 Å². The Morgan fingerprint density at radius 1 is 1.27 bits per heavy atom. The standard InChI is InChI=1S/C24H27NO5/c1-12(26)14-11-19(29-2)21-20-15(14)10-17-16-6-7-18(27)22(30-21)24(16,20)8-9-25(17)23(28)13-4-3-5-13/h11,13,16-17,22H,3-10H2,1-2H3/t16-,17+,22-,24-/m0/s1. The second kappa shape index (κ2) is 6.08. The van der Waals surface area contributed by atoms with Crippen molar-refractivity contribution in [3.63, 3.8) is 0 Å². The van der Waals surface area contributed by atoms with Crippen molar-refractivity contribution in [1.82, 2.24) is 4.90 Å². The summed E-state index contributed by atoms with van der Waals surface area (Å²) < 4.78 is 11.9. The number of piperidine rings is 1. The number of ether oxygens (including phenoxy) is 2. The highest BCUT2D eigenvalue weighted by atomic mass is 16.5. The quantitative estimate of drug-likeness (QED) is 0.718. The number of hydrogen-bond acceptors (Lipinski definition) is 5. The summed E-state index contributed by atoms with van der Waals surface area (Å²) in [5, 5.41) is 0. The largest absolute Gasteiger partial charge is 0.493 e. The molecular weight excluding hydrogens is 382 g/mol. The molecule has 1 saturated heterocycles. The van der Waals surface area contributed by atoms with Gasteiger partial charge >= 0.3 is 0 Å². The highest BCUT2D eigenvalue weighted by Gasteiger charge is 2.67. The third-order valence-electron chi connectivity index (χ3n) is 8.56. The first kappa shape index (κ1) is 18.4. The fraction of sp³-hybridized carbons (Fsp3) is 0.625. The lowest BCUT2D eigenvalue weighted by atomic mass is 9.51. The van der Waals surface area contributed by atoms with Crippen LogP contribution in [-0.4, -0.2) is 48.2 Å². The van der Waals surface area contributed by atoms with E-state index in [1.54, 1.807) is 20.1 Å². The fourth-order valence-electron chi connectivity index (χ4n) is 7.03. The summed E-state index contributed by atoms with van der Waals surface area (Å²) in [6.07, 6.45) is 5.23. The number of hydrogen-bond donors (Lipinski definition) is 0. The van der Waals surface area contributed by atoms with E-state index in [9.17, 15) is 14.4 Å². The highest BCUT2D eigenvalue weighted by Crippen LogP contribution is 2.64. The molecule has 5 aliphatic rings. The first-order chi connectivity index (χ1) is 14.5. The SMILES string of the molecule is COc1cc(C(C)=O)c2c3c1O[C@H]1C(=O)CC[C@H]4[C@@H](C2)N(C(=O)C2CCC2)CC[C@]314. The molecule has 2 heterocycles. The second-order valence-corrected chi connectivity index (χ2v) is 9.70. The lowest BCUT2D eigenvalue weighted by molar-refractivity contribution is -0.153. The van der Waals surface area contributed by atoms with Gasteiger partial charge < -0.3 is 14.4 Å². The molecule has 2 saturated carbocycles. The van der Waals surface area contributed by atoms with Crippen LogP contribution in [0.25, 0.3) is 0 Å². The molecular formula is C24H27NO5. The van der Waals surface area contributed by atoms with Crippen molar-refractivity contribution in [2.24, 2.45) is 11.8 Å². The molecule has 4 atom stereocenters. The molecule has 6 nitrogen and oxygen atoms in total. The lowest BCUT2D eigenvalue weighted by Gasteiger charge is -2.58. The summed E-state index contributed by atoms with van der Waals surface area (Å²) in [6.45, 7) is 2.24. The molecule has 6 heteroatoms. The van der Waals surface area contributed by atoms with Crippen molar-refractivity contribution in [2.45, 2.75) is 69.4 Å². The Morgan fingerprint density at radius 2 is 2.07 bits per heavy atom. The van der Waals surface area contributed by atoms with E-state index in [-0.39, 0.29) is 35.4 Å². The normalized spacial score (nSPS) is 33.5. The van der Waals surface area contributed by atoms with Gasteiger partial charge in [0.25, 0.3) is 0 Å². The van der Waals surface area contributed by atoms with Crippen LogP contribution >= 0.6 is 0 Å². The molecule has 3 fully saturated rings. The molecule has 0 radical (unpaired) electrons. The summed E-state index contributed by atoms with van der Waals surface area (Å²) >= 11 is 0. The smallest absolute Gasteiger partial charge is 0.225 e. The number of carbonyl (C=O) groups is 3. The average Bonchev–Trinajstić information content (AvgIpc) is 3.02. The predicted molar refractivity (Wildman–Crippen MR) is 108 cm³/mol.